The number of aromatic nitrogens is 1. The van der Waals surface area contributed by atoms with Crippen LogP contribution in [0.2, 0.25) is 0 Å². The number of hydrogen-bond donors (Lipinski definition) is 4. The molecule has 0 aromatic carbocycles. The Kier molecular flexibility index (Phi) is 44.6. The van der Waals surface area contributed by atoms with Crippen LogP contribution in [0, 0.1) is 6.08 Å². The fraction of sp³-hybridized carbons (Fsp3) is 0.0714. The summed E-state index contributed by atoms with van der Waals surface area (Å²) >= 11 is 0. The van der Waals surface area contributed by atoms with Crippen molar-refractivity contribution in [3.05, 3.63) is 55.4 Å². The molecule has 135 valence electrons. The van der Waals surface area contributed by atoms with E-state index in [1.165, 1.54) is 0 Å². The fourth-order valence-electron chi connectivity index (χ4n) is 0.550. The molecule has 1 aromatic rings. The normalized spacial score (nSPS) is 9.54. The van der Waals surface area contributed by atoms with Crippen molar-refractivity contribution in [3.8, 4) is 0 Å². The molecule has 1 heterocycles. The maximum atomic E-state index is 7.56. The predicted molar refractivity (Wildman–Crippen MR) is 89.0 cm³/mol. The van der Waals surface area contributed by atoms with E-state index in [-0.39, 0.29) is 16.8 Å². The zero-order valence-electron chi connectivity index (χ0n) is 12.9. The largest absolute Gasteiger partial charge is 0.411 e. The van der Waals surface area contributed by atoms with Gasteiger partial charge in [0.2, 0.25) is 0 Å². The molecule has 1 radical (unpaired) electrons. The van der Waals surface area contributed by atoms with E-state index in [0.29, 0.717) is 0 Å². The van der Waals surface area contributed by atoms with Gasteiger partial charge in [-0.25, -0.2) is 12.2 Å². The molecule has 0 atom stereocenters. The van der Waals surface area contributed by atoms with Gasteiger partial charge in [0.05, 0.1) is 24.9 Å². The molecular formula is C14H20CoN5O4-. The number of nitrogens with zero attached hydrogens (tertiary/aromatic N) is 5. The van der Waals surface area contributed by atoms with Crippen molar-refractivity contribution < 1.29 is 37.6 Å². The van der Waals surface area contributed by atoms with E-state index in [0.717, 1.165) is 24.9 Å². The number of rotatable bonds is 3. The molecular weight excluding hydrogens is 361 g/mol. The van der Waals surface area contributed by atoms with Gasteiger partial charge in [-0.1, -0.05) is 26.7 Å². The Morgan fingerprint density at radius 3 is 1.29 bits per heavy atom. The summed E-state index contributed by atoms with van der Waals surface area (Å²) in [6, 6.07) is 5.72. The molecule has 0 fully saturated rings. The molecule has 0 saturated carbocycles. The topological polar surface area (TPSA) is 143 Å². The first-order chi connectivity index (χ1) is 11.2. The second-order valence-electron chi connectivity index (χ2n) is 2.79. The summed E-state index contributed by atoms with van der Waals surface area (Å²) in [7, 11) is 0. The summed E-state index contributed by atoms with van der Waals surface area (Å²) < 4.78 is 0. The average molecular weight is 381 g/mol. The van der Waals surface area contributed by atoms with Crippen molar-refractivity contribution in [1.82, 2.24) is 4.98 Å². The monoisotopic (exact) mass is 381 g/mol. The zero-order chi connectivity index (χ0) is 18.0. The molecule has 0 spiro atoms. The van der Waals surface area contributed by atoms with Gasteiger partial charge in [0.1, 0.15) is 0 Å². The van der Waals surface area contributed by atoms with Gasteiger partial charge in [0, 0.05) is 29.2 Å². The van der Waals surface area contributed by atoms with Crippen molar-refractivity contribution in [1.29, 1.82) is 0 Å². The third kappa shape index (κ3) is 50.9. The molecule has 10 heteroatoms. The van der Waals surface area contributed by atoms with E-state index in [1.807, 2.05) is 31.2 Å². The average Bonchev–Trinajstić information content (AvgIpc) is 2.62. The van der Waals surface area contributed by atoms with E-state index in [2.05, 4.69) is 38.3 Å². The van der Waals surface area contributed by atoms with Crippen LogP contribution in [0.3, 0.4) is 0 Å². The Morgan fingerprint density at radius 2 is 1.21 bits per heavy atom. The van der Waals surface area contributed by atoms with E-state index < -0.39 is 0 Å². The van der Waals surface area contributed by atoms with E-state index >= 15 is 0 Å². The van der Waals surface area contributed by atoms with Crippen LogP contribution in [0.5, 0.6) is 0 Å². The molecule has 0 saturated heterocycles. The molecule has 0 amide bonds. The minimum atomic E-state index is 0. The van der Waals surface area contributed by atoms with Crippen molar-refractivity contribution in [2.45, 2.75) is 6.92 Å². The van der Waals surface area contributed by atoms with Gasteiger partial charge in [-0.15, -0.1) is 6.92 Å². The molecule has 9 nitrogen and oxygen atoms in total. The van der Waals surface area contributed by atoms with Gasteiger partial charge in [-0.3, -0.25) is 11.1 Å². The summed E-state index contributed by atoms with van der Waals surface area (Å²) in [5.74, 6) is 0. The second kappa shape index (κ2) is 36.8. The first kappa shape index (κ1) is 29.1. The van der Waals surface area contributed by atoms with Crippen LogP contribution in [0.15, 0.2) is 69.9 Å². The van der Waals surface area contributed by atoms with Crippen LogP contribution in [0.4, 0.5) is 0 Å². The quantitative estimate of drug-likeness (QED) is 0.209. The van der Waals surface area contributed by atoms with Gasteiger partial charge in [-0.2, -0.15) is 6.58 Å². The van der Waals surface area contributed by atoms with E-state index in [1.54, 1.807) is 18.5 Å². The second-order valence-corrected chi connectivity index (χ2v) is 2.79. The van der Waals surface area contributed by atoms with Gasteiger partial charge in [-0.05, 0) is 12.1 Å². The summed E-state index contributed by atoms with van der Waals surface area (Å²) in [6.45, 7) is 5.27. The number of pyridine rings is 1. The van der Waals surface area contributed by atoms with Crippen molar-refractivity contribution in [2.24, 2.45) is 20.6 Å². The van der Waals surface area contributed by atoms with Crippen LogP contribution in [-0.2, 0) is 16.8 Å². The molecule has 0 aliphatic heterocycles. The van der Waals surface area contributed by atoms with E-state index in [4.69, 9.17) is 20.8 Å². The molecule has 4 N–H and O–H groups in total. The van der Waals surface area contributed by atoms with E-state index in [9.17, 15) is 0 Å². The van der Waals surface area contributed by atoms with Crippen LogP contribution < -0.4 is 0 Å². The van der Waals surface area contributed by atoms with Crippen LogP contribution >= 0.6 is 0 Å². The SMILES string of the molecule is C=[C-]/C=C/C.O/N=C/C=N/O.O/N=C/C=N/O.[Co].c1ccncc1. The first-order valence-corrected chi connectivity index (χ1v) is 5.90. The summed E-state index contributed by atoms with van der Waals surface area (Å²) in [5, 5.41) is 40.2. The van der Waals surface area contributed by atoms with Crippen molar-refractivity contribution in [2.75, 3.05) is 0 Å². The standard InChI is InChI=1S/C5H5N.C5H7.2C2H4N2O2.Co/c1-2-4-6-5-3-1;1-3-5-4-2;2*5-3-1-2-4-6;/h1-5H;4-5H,1H2,2H3;2*1-2,5-6H;/q;-1;;;/b;5-4+;2*3-1+,4-2+;. The van der Waals surface area contributed by atoms with Crippen LogP contribution in [-0.4, -0.2) is 50.7 Å². The Bertz CT molecular complexity index is 399. The van der Waals surface area contributed by atoms with Gasteiger partial charge >= 0.3 is 0 Å². The third-order valence-corrected chi connectivity index (χ3v) is 1.25. The molecule has 24 heavy (non-hydrogen) atoms. The Labute approximate surface area is 150 Å². The van der Waals surface area contributed by atoms with Gasteiger partial charge in [0.15, 0.2) is 0 Å². The Balaban J connectivity index is -0.000000110. The smallest absolute Gasteiger partial charge is 0.0877 e. The third-order valence-electron chi connectivity index (χ3n) is 1.25. The maximum Gasteiger partial charge on any atom is 0.0877 e. The maximum absolute atomic E-state index is 7.56. The van der Waals surface area contributed by atoms with Crippen molar-refractivity contribution >= 4 is 24.9 Å². The fourth-order valence-corrected chi connectivity index (χ4v) is 0.550. The predicted octanol–water partition coefficient (Wildman–Crippen LogP) is 2.44. The minimum Gasteiger partial charge on any atom is -0.411 e. The molecule has 0 unspecified atom stereocenters. The first-order valence-electron chi connectivity index (χ1n) is 5.90. The molecule has 0 bridgehead atoms. The van der Waals surface area contributed by atoms with Crippen LogP contribution in [0.1, 0.15) is 6.92 Å². The minimum absolute atomic E-state index is 0. The van der Waals surface area contributed by atoms with Gasteiger partial charge < -0.3 is 20.8 Å². The molecule has 0 aliphatic carbocycles. The van der Waals surface area contributed by atoms with Crippen molar-refractivity contribution in [3.63, 3.8) is 0 Å². The number of allylic oxidation sites excluding steroid dienone is 3. The molecule has 1 aromatic heterocycles. The van der Waals surface area contributed by atoms with Crippen LogP contribution in [0.25, 0.3) is 0 Å². The summed E-state index contributed by atoms with van der Waals surface area (Å²) in [4.78, 5) is 3.78. The number of hydrogen-bond acceptors (Lipinski definition) is 9. The number of oxime groups is 4. The summed E-state index contributed by atoms with van der Waals surface area (Å²) in [6.07, 6.45) is 13.5. The molecule has 1 rings (SSSR count). The summed E-state index contributed by atoms with van der Waals surface area (Å²) in [5.41, 5.74) is 0. The Hall–Kier alpha value is -2.98. The van der Waals surface area contributed by atoms with Gasteiger partial charge in [0.25, 0.3) is 0 Å². The zero-order valence-corrected chi connectivity index (χ0v) is 14.0. The molecule has 0 aliphatic rings. The Morgan fingerprint density at radius 1 is 0.833 bits per heavy atom.